The number of halogens is 1. The summed E-state index contributed by atoms with van der Waals surface area (Å²) < 4.78 is 41.6. The molecule has 0 radical (unpaired) electrons. The minimum Gasteiger partial charge on any atom is -0.368 e. The lowest BCUT2D eigenvalue weighted by molar-refractivity contribution is -0.198. The summed E-state index contributed by atoms with van der Waals surface area (Å²) in [6.45, 7) is 5.92. The largest absolute Gasteiger partial charge is 0.368 e. The second-order valence-corrected chi connectivity index (χ2v) is 8.92. The standard InChI is InChI=1S/C16H22BIN4O4S/c1-7-10-8(18)4-22(13(10)21-15(19)20-7)14-12-11(25-16(2,3)26-12)9(24-14)5-23-27-6-17/h4,9,11-12,14H,5-6,17H2,1-3H3,(H2,19,20,21)/i17TD. The molecule has 2 saturated heterocycles. The van der Waals surface area contributed by atoms with E-state index in [1.165, 1.54) is 0 Å². The number of fused-ring (bicyclic) bond motifs is 2. The number of hydrogen-bond donors (Lipinski definition) is 1. The number of ether oxygens (including phenoxy) is 3. The molecule has 0 aliphatic carbocycles. The van der Waals surface area contributed by atoms with Crippen molar-refractivity contribution >= 4 is 59.4 Å². The highest BCUT2D eigenvalue weighted by Crippen LogP contribution is 2.44. The van der Waals surface area contributed by atoms with Gasteiger partial charge in [0.15, 0.2) is 12.0 Å². The molecule has 0 aromatic carbocycles. The van der Waals surface area contributed by atoms with Crippen molar-refractivity contribution in [3.8, 4) is 0 Å². The minimum atomic E-state index is -0.934. The van der Waals surface area contributed by atoms with E-state index in [1.54, 1.807) is 0 Å². The maximum atomic E-state index is 7.26. The first-order valence-corrected chi connectivity index (χ1v) is 10.6. The molecule has 2 aromatic heterocycles. The number of anilines is 1. The first kappa shape index (κ1) is 17.3. The summed E-state index contributed by atoms with van der Waals surface area (Å²) in [6, 6.07) is 0. The van der Waals surface area contributed by atoms with E-state index in [1.807, 2.05) is 31.5 Å². The van der Waals surface area contributed by atoms with Crippen LogP contribution in [0.5, 0.6) is 0 Å². The van der Waals surface area contributed by atoms with Crippen LogP contribution in [0, 0.1) is 10.5 Å². The topological polar surface area (TPSA) is 93.7 Å². The molecule has 0 spiro atoms. The van der Waals surface area contributed by atoms with E-state index in [2.05, 4.69) is 32.6 Å². The highest BCUT2D eigenvalue weighted by molar-refractivity contribution is 14.1. The van der Waals surface area contributed by atoms with Crippen LogP contribution in [0.2, 0.25) is 0 Å². The Kier molecular flexibility index (Phi) is 4.70. The van der Waals surface area contributed by atoms with Crippen LogP contribution in [0.4, 0.5) is 5.95 Å². The van der Waals surface area contributed by atoms with Gasteiger partial charge in [0.05, 0.1) is 17.7 Å². The van der Waals surface area contributed by atoms with Gasteiger partial charge in [0.25, 0.3) is 0 Å². The van der Waals surface area contributed by atoms with Crippen LogP contribution in [0.15, 0.2) is 6.20 Å². The van der Waals surface area contributed by atoms with Crippen LogP contribution in [0.25, 0.3) is 11.0 Å². The lowest BCUT2D eigenvalue weighted by atomic mass is 10.1. The van der Waals surface area contributed by atoms with Crippen molar-refractivity contribution in [1.29, 1.82) is 2.67 Å². The Bertz CT molecular complexity index is 921. The number of hydrogen-bond acceptors (Lipinski definition) is 8. The molecule has 2 fully saturated rings. The minimum absolute atomic E-state index is 0.209. The molecule has 2 aliphatic rings. The molecule has 4 atom stereocenters. The fourth-order valence-electron chi connectivity index (χ4n) is 3.67. The second-order valence-electron chi connectivity index (χ2n) is 6.95. The van der Waals surface area contributed by atoms with Crippen molar-refractivity contribution in [3.63, 3.8) is 0 Å². The van der Waals surface area contributed by atoms with Gasteiger partial charge in [0, 0.05) is 9.77 Å². The molecule has 0 bridgehead atoms. The first-order chi connectivity index (χ1) is 13.7. The van der Waals surface area contributed by atoms with Crippen LogP contribution in [0.3, 0.4) is 0 Å². The molecule has 2 N–H and O–H groups in total. The van der Waals surface area contributed by atoms with Gasteiger partial charge in [-0.1, -0.05) is 0 Å². The zero-order valence-electron chi connectivity index (χ0n) is 17.2. The van der Waals surface area contributed by atoms with Gasteiger partial charge in [-0.05, 0) is 63.7 Å². The van der Waals surface area contributed by atoms with Crippen molar-refractivity contribution in [1.82, 2.24) is 14.5 Å². The molecule has 4 rings (SSSR count). The van der Waals surface area contributed by atoms with Crippen molar-refractivity contribution in [2.75, 3.05) is 18.0 Å². The molecule has 27 heavy (non-hydrogen) atoms. The van der Waals surface area contributed by atoms with Gasteiger partial charge in [0.1, 0.15) is 31.7 Å². The summed E-state index contributed by atoms with van der Waals surface area (Å²) in [5.74, 6) is -0.531. The van der Waals surface area contributed by atoms with E-state index in [0.29, 0.717) is 5.65 Å². The van der Waals surface area contributed by atoms with E-state index in [9.17, 15) is 0 Å². The maximum Gasteiger partial charge on any atom is 0.222 e. The van der Waals surface area contributed by atoms with Crippen LogP contribution in [-0.4, -0.2) is 61.3 Å². The highest BCUT2D eigenvalue weighted by atomic mass is 127. The van der Waals surface area contributed by atoms with Crippen LogP contribution < -0.4 is 5.73 Å². The average molecular weight is 507 g/mol. The predicted molar refractivity (Wildman–Crippen MR) is 114 cm³/mol. The smallest absolute Gasteiger partial charge is 0.222 e. The summed E-state index contributed by atoms with van der Waals surface area (Å²) >= 11 is 3.35. The summed E-state index contributed by atoms with van der Waals surface area (Å²) in [6.07, 6.45) is 0.496. The van der Waals surface area contributed by atoms with Crippen LogP contribution >= 0.6 is 34.6 Å². The van der Waals surface area contributed by atoms with Gasteiger partial charge in [-0.3, -0.25) is 0 Å². The molecule has 0 saturated carbocycles. The normalized spacial score (nSPS) is 30.4. The lowest BCUT2D eigenvalue weighted by Gasteiger charge is -2.25. The second kappa shape index (κ2) is 7.34. The molecule has 2 aromatic rings. The molecule has 8 nitrogen and oxygen atoms in total. The van der Waals surface area contributed by atoms with Crippen molar-refractivity contribution < 1.29 is 18.4 Å². The Morgan fingerprint density at radius 3 is 3.07 bits per heavy atom. The Hall–Kier alpha value is -0.595. The molecule has 11 heteroatoms. The third kappa shape index (κ3) is 3.57. The Morgan fingerprint density at radius 2 is 2.30 bits per heavy atom. The zero-order valence-corrected chi connectivity index (χ0v) is 18.2. The average Bonchev–Trinajstić information content (AvgIpc) is 3.20. The van der Waals surface area contributed by atoms with Crippen molar-refractivity contribution in [2.45, 2.75) is 51.1 Å². The van der Waals surface area contributed by atoms with Gasteiger partial charge < -0.3 is 28.7 Å². The summed E-state index contributed by atoms with van der Waals surface area (Å²) in [7, 11) is -0.934. The Morgan fingerprint density at radius 1 is 1.52 bits per heavy atom. The van der Waals surface area contributed by atoms with E-state index in [0.717, 1.165) is 26.7 Å². The Balaban J connectivity index is 1.63. The third-order valence-electron chi connectivity index (χ3n) is 4.61. The zero-order chi connectivity index (χ0) is 20.9. The van der Waals surface area contributed by atoms with E-state index < -0.39 is 19.8 Å². The fraction of sp³-hybridized carbons (Fsp3) is 0.625. The number of nitrogens with two attached hydrogens (primary N) is 1. The predicted octanol–water partition coefficient (Wildman–Crippen LogP) is 1.60. The lowest BCUT2D eigenvalue weighted by Crippen LogP contribution is -2.32. The van der Waals surface area contributed by atoms with Gasteiger partial charge in [-0.2, -0.15) is 4.98 Å². The summed E-state index contributed by atoms with van der Waals surface area (Å²) in [4.78, 5) is 8.71. The SMILES string of the molecule is [2H]B([3H])CSOCC1OC(n2cc(I)c3c(C)nc(N)nc32)C2OC(C)(C)OC12. The van der Waals surface area contributed by atoms with E-state index in [4.69, 9.17) is 26.8 Å². The third-order valence-corrected chi connectivity index (χ3v) is 5.86. The molecule has 4 unspecified atom stereocenters. The van der Waals surface area contributed by atoms with Gasteiger partial charge >= 0.3 is 0 Å². The van der Waals surface area contributed by atoms with Gasteiger partial charge in [-0.25, -0.2) is 4.98 Å². The molecular formula is C16H22BIN4O4S. The number of aryl methyl sites for hydroxylation is 1. The maximum absolute atomic E-state index is 7.26. The molecule has 146 valence electrons. The van der Waals surface area contributed by atoms with Gasteiger partial charge in [0.2, 0.25) is 5.95 Å². The molecule has 2 aliphatic heterocycles. The Labute approximate surface area is 179 Å². The van der Waals surface area contributed by atoms with Crippen LogP contribution in [-0.2, 0) is 18.4 Å². The monoisotopic (exact) mass is 507 g/mol. The fourth-order valence-corrected chi connectivity index (χ4v) is 4.93. The summed E-state index contributed by atoms with van der Waals surface area (Å²) in [5.41, 5.74) is 7.67. The quantitative estimate of drug-likeness (QED) is 0.273. The van der Waals surface area contributed by atoms with Gasteiger partial charge in [-0.15, -0.1) is 0 Å². The number of aromatic nitrogens is 3. The molecule has 4 heterocycles. The van der Waals surface area contributed by atoms with Crippen LogP contribution in [0.1, 0.15) is 25.8 Å². The van der Waals surface area contributed by atoms with E-state index in [-0.39, 0.29) is 36.5 Å². The highest BCUT2D eigenvalue weighted by Gasteiger charge is 2.56. The number of rotatable bonds is 6. The number of nitrogens with zero attached hydrogens (tertiary/aromatic N) is 3. The van der Waals surface area contributed by atoms with E-state index >= 15 is 0 Å². The summed E-state index contributed by atoms with van der Waals surface area (Å²) in [5, 5.41) is 0.935. The van der Waals surface area contributed by atoms with Crippen molar-refractivity contribution in [2.24, 2.45) is 0 Å². The number of nitrogen functional groups attached to an aromatic ring is 1. The van der Waals surface area contributed by atoms with Crippen molar-refractivity contribution in [3.05, 3.63) is 15.5 Å². The molecular weight excluding hydrogens is 482 g/mol. The molecule has 0 amide bonds. The first-order valence-electron chi connectivity index (χ1n) is 9.72.